The first kappa shape index (κ1) is 17.7. The van der Waals surface area contributed by atoms with E-state index in [-0.39, 0.29) is 11.5 Å². The molecule has 3 aromatic rings. The van der Waals surface area contributed by atoms with Gasteiger partial charge in [-0.3, -0.25) is 5.10 Å². The molecule has 3 N–H and O–H groups in total. The number of rotatable bonds is 3. The molecule has 0 amide bonds. The van der Waals surface area contributed by atoms with E-state index >= 15 is 0 Å². The Balaban J connectivity index is 2.04. The molecule has 1 aliphatic rings. The van der Waals surface area contributed by atoms with Gasteiger partial charge in [0.25, 0.3) is 0 Å². The maximum absolute atomic E-state index is 9.78. The SMILES string of the molecule is COc1c(Cl)cc(Cl)cc1C1C(C#N)=C(N)Oc2n[nH]c(-c3cccs3)c21. The number of hydrogen-bond acceptors (Lipinski definition) is 6. The van der Waals surface area contributed by atoms with E-state index in [9.17, 15) is 5.26 Å². The summed E-state index contributed by atoms with van der Waals surface area (Å²) in [6.07, 6.45) is 0. The van der Waals surface area contributed by atoms with Crippen LogP contribution >= 0.6 is 34.5 Å². The van der Waals surface area contributed by atoms with Crippen LogP contribution in [0, 0.1) is 11.3 Å². The van der Waals surface area contributed by atoms with Crippen LogP contribution in [0.1, 0.15) is 17.0 Å². The summed E-state index contributed by atoms with van der Waals surface area (Å²) < 4.78 is 11.1. The number of nitrogens with two attached hydrogens (primary N) is 1. The van der Waals surface area contributed by atoms with Gasteiger partial charge >= 0.3 is 0 Å². The third-order valence-corrected chi connectivity index (χ3v) is 5.65. The van der Waals surface area contributed by atoms with Gasteiger partial charge in [-0.05, 0) is 23.6 Å². The fourth-order valence-electron chi connectivity index (χ4n) is 3.17. The highest BCUT2D eigenvalue weighted by Crippen LogP contribution is 2.50. The second-order valence-corrected chi connectivity index (χ2v) is 7.52. The fourth-order valence-corrected chi connectivity index (χ4v) is 4.50. The van der Waals surface area contributed by atoms with Crippen molar-refractivity contribution < 1.29 is 9.47 Å². The number of hydrogen-bond donors (Lipinski definition) is 2. The maximum Gasteiger partial charge on any atom is 0.244 e. The second kappa shape index (κ2) is 6.82. The average Bonchev–Trinajstić information content (AvgIpc) is 3.29. The number of aromatic amines is 1. The lowest BCUT2D eigenvalue weighted by molar-refractivity contribution is 0.375. The lowest BCUT2D eigenvalue weighted by Gasteiger charge is -2.25. The summed E-state index contributed by atoms with van der Waals surface area (Å²) in [5, 5.41) is 19.7. The summed E-state index contributed by atoms with van der Waals surface area (Å²) in [5.41, 5.74) is 8.27. The third-order valence-electron chi connectivity index (χ3n) is 4.26. The minimum Gasteiger partial charge on any atom is -0.495 e. The van der Waals surface area contributed by atoms with E-state index in [0.29, 0.717) is 32.8 Å². The molecule has 2 aromatic heterocycles. The van der Waals surface area contributed by atoms with Crippen LogP contribution in [-0.4, -0.2) is 17.3 Å². The summed E-state index contributed by atoms with van der Waals surface area (Å²) in [4.78, 5) is 0.946. The number of fused-ring (bicyclic) bond motifs is 1. The Morgan fingerprint density at radius 1 is 1.41 bits per heavy atom. The number of nitrogens with zero attached hydrogens (tertiary/aromatic N) is 2. The summed E-state index contributed by atoms with van der Waals surface area (Å²) in [6, 6.07) is 9.32. The lowest BCUT2D eigenvalue weighted by atomic mass is 9.83. The van der Waals surface area contributed by atoms with Crippen LogP contribution < -0.4 is 15.2 Å². The molecule has 9 heteroatoms. The fraction of sp³-hybridized carbons (Fsp3) is 0.111. The van der Waals surface area contributed by atoms with Crippen molar-refractivity contribution in [1.29, 1.82) is 5.26 Å². The van der Waals surface area contributed by atoms with Crippen LogP contribution in [0.15, 0.2) is 41.1 Å². The van der Waals surface area contributed by atoms with Crippen molar-refractivity contribution in [2.75, 3.05) is 7.11 Å². The van der Waals surface area contributed by atoms with Crippen LogP contribution in [-0.2, 0) is 0 Å². The smallest absolute Gasteiger partial charge is 0.244 e. The summed E-state index contributed by atoms with van der Waals surface area (Å²) in [5.74, 6) is 0.106. The van der Waals surface area contributed by atoms with Crippen LogP contribution in [0.25, 0.3) is 10.6 Å². The topological polar surface area (TPSA) is 96.9 Å². The molecule has 6 nitrogen and oxygen atoms in total. The van der Waals surface area contributed by atoms with Crippen molar-refractivity contribution in [2.45, 2.75) is 5.92 Å². The van der Waals surface area contributed by atoms with Crippen LogP contribution in [0.4, 0.5) is 0 Å². The van der Waals surface area contributed by atoms with Gasteiger partial charge in [-0.1, -0.05) is 29.3 Å². The second-order valence-electron chi connectivity index (χ2n) is 5.73. The predicted octanol–water partition coefficient (Wildman–Crippen LogP) is 4.67. The molecule has 4 rings (SSSR count). The quantitative estimate of drug-likeness (QED) is 0.643. The molecule has 1 aliphatic heterocycles. The zero-order chi connectivity index (χ0) is 19.1. The molecule has 1 aromatic carbocycles. The molecule has 0 saturated heterocycles. The van der Waals surface area contributed by atoms with Crippen LogP contribution in [0.3, 0.4) is 0 Å². The van der Waals surface area contributed by atoms with Gasteiger partial charge in [0.1, 0.15) is 17.4 Å². The zero-order valence-corrected chi connectivity index (χ0v) is 16.2. The van der Waals surface area contributed by atoms with Crippen molar-refractivity contribution in [2.24, 2.45) is 5.73 Å². The Kier molecular flexibility index (Phi) is 4.48. The number of ether oxygens (including phenoxy) is 2. The molecule has 0 saturated carbocycles. The minimum absolute atomic E-state index is 0.0163. The molecule has 3 heterocycles. The Morgan fingerprint density at radius 3 is 2.89 bits per heavy atom. The molecular weight excluding hydrogens is 407 g/mol. The van der Waals surface area contributed by atoms with Gasteiger partial charge in [0.15, 0.2) is 0 Å². The van der Waals surface area contributed by atoms with Gasteiger partial charge in [0.2, 0.25) is 11.8 Å². The first-order chi connectivity index (χ1) is 13.0. The first-order valence-corrected chi connectivity index (χ1v) is 9.41. The number of H-pyrrole nitrogens is 1. The number of nitrogens with one attached hydrogen (secondary N) is 1. The molecule has 1 unspecified atom stereocenters. The number of aromatic nitrogens is 2. The van der Waals surface area contributed by atoms with E-state index in [1.807, 2.05) is 17.5 Å². The number of halogens is 2. The van der Waals surface area contributed by atoms with E-state index in [2.05, 4.69) is 16.3 Å². The highest BCUT2D eigenvalue weighted by molar-refractivity contribution is 7.13. The normalized spacial score (nSPS) is 15.9. The molecular formula is C18H12Cl2N4O2S. The summed E-state index contributed by atoms with van der Waals surface area (Å²) >= 11 is 14.1. The molecule has 0 radical (unpaired) electrons. The molecule has 0 spiro atoms. The van der Waals surface area contributed by atoms with E-state index in [4.69, 9.17) is 38.4 Å². The van der Waals surface area contributed by atoms with Crippen LogP contribution in [0.5, 0.6) is 11.6 Å². The molecule has 136 valence electrons. The number of methoxy groups -OCH3 is 1. The number of allylic oxidation sites excluding steroid dienone is 1. The molecule has 0 aliphatic carbocycles. The van der Waals surface area contributed by atoms with Crippen molar-refractivity contribution in [3.8, 4) is 28.3 Å². The summed E-state index contributed by atoms with van der Waals surface area (Å²) in [6.45, 7) is 0. The Labute approximate surface area is 168 Å². The Morgan fingerprint density at radius 2 is 2.22 bits per heavy atom. The Bertz CT molecular complexity index is 1100. The van der Waals surface area contributed by atoms with Gasteiger partial charge in [-0.2, -0.15) is 5.26 Å². The summed E-state index contributed by atoms with van der Waals surface area (Å²) in [7, 11) is 1.51. The molecule has 1 atom stereocenters. The lowest BCUT2D eigenvalue weighted by Crippen LogP contribution is -2.21. The van der Waals surface area contributed by atoms with Gasteiger partial charge in [0.05, 0.1) is 34.2 Å². The van der Waals surface area contributed by atoms with E-state index in [0.717, 1.165) is 10.6 Å². The van der Waals surface area contributed by atoms with Crippen molar-refractivity contribution in [3.63, 3.8) is 0 Å². The van der Waals surface area contributed by atoms with Gasteiger partial charge in [0, 0.05) is 10.6 Å². The monoisotopic (exact) mass is 418 g/mol. The minimum atomic E-state index is -0.597. The first-order valence-electron chi connectivity index (χ1n) is 7.77. The highest BCUT2D eigenvalue weighted by Gasteiger charge is 2.38. The largest absolute Gasteiger partial charge is 0.495 e. The van der Waals surface area contributed by atoms with E-state index in [1.54, 1.807) is 12.1 Å². The molecule has 0 bridgehead atoms. The van der Waals surface area contributed by atoms with Crippen molar-refractivity contribution in [1.82, 2.24) is 10.2 Å². The van der Waals surface area contributed by atoms with E-state index < -0.39 is 5.92 Å². The van der Waals surface area contributed by atoms with Gasteiger partial charge < -0.3 is 15.2 Å². The maximum atomic E-state index is 9.78. The predicted molar refractivity (Wildman–Crippen MR) is 104 cm³/mol. The van der Waals surface area contributed by atoms with Gasteiger partial charge in [-0.15, -0.1) is 16.4 Å². The van der Waals surface area contributed by atoms with Gasteiger partial charge in [-0.25, -0.2) is 0 Å². The number of benzene rings is 1. The molecule has 27 heavy (non-hydrogen) atoms. The zero-order valence-electron chi connectivity index (χ0n) is 13.9. The van der Waals surface area contributed by atoms with Crippen LogP contribution in [0.2, 0.25) is 10.0 Å². The molecule has 0 fully saturated rings. The average molecular weight is 419 g/mol. The third kappa shape index (κ3) is 2.82. The standard InChI is InChI=1S/C18H12Cl2N4O2S/c1-25-16-9(5-8(19)6-11(16)20)13-10(7-21)17(22)26-18-14(13)15(23-24-18)12-3-2-4-27-12/h2-6,13H,22H2,1H3,(H,23,24). The van der Waals surface area contributed by atoms with Crippen molar-refractivity contribution >= 4 is 34.5 Å². The number of nitriles is 1. The number of thiophene rings is 1. The highest BCUT2D eigenvalue weighted by atomic mass is 35.5. The Hall–Kier alpha value is -2.66. The van der Waals surface area contributed by atoms with E-state index in [1.165, 1.54) is 18.4 Å². The van der Waals surface area contributed by atoms with Crippen molar-refractivity contribution in [3.05, 3.63) is 62.3 Å².